The molecule has 0 aromatic carbocycles. The summed E-state index contributed by atoms with van der Waals surface area (Å²) in [4.78, 5) is 13.0. The van der Waals surface area contributed by atoms with Gasteiger partial charge in [0, 0.05) is 32.4 Å². The van der Waals surface area contributed by atoms with Gasteiger partial charge in [-0.2, -0.15) is 4.98 Å². The zero-order chi connectivity index (χ0) is 11.0. The first-order chi connectivity index (χ1) is 7.83. The maximum atomic E-state index is 5.68. The van der Waals surface area contributed by atoms with Crippen molar-refractivity contribution in [2.45, 2.75) is 0 Å². The van der Waals surface area contributed by atoms with Gasteiger partial charge < -0.3 is 14.2 Å². The van der Waals surface area contributed by atoms with Crippen molar-refractivity contribution in [2.75, 3.05) is 38.1 Å². The predicted molar refractivity (Wildman–Crippen MR) is 61.5 cm³/mol. The molecule has 0 aliphatic carbocycles. The number of rotatable bonds is 1. The number of oxazole rings is 1. The Morgan fingerprint density at radius 1 is 1.25 bits per heavy atom. The van der Waals surface area contributed by atoms with Gasteiger partial charge in [0.2, 0.25) is 5.65 Å². The zero-order valence-electron chi connectivity index (χ0n) is 9.26. The molecule has 0 N–H and O–H groups in total. The molecule has 0 amide bonds. The fraction of sp³-hybridized carbons (Fsp3) is 0.455. The average molecular weight is 218 g/mol. The van der Waals surface area contributed by atoms with E-state index in [0.717, 1.165) is 31.8 Å². The first kappa shape index (κ1) is 9.59. The third-order valence-electron chi connectivity index (χ3n) is 2.93. The van der Waals surface area contributed by atoms with Crippen LogP contribution in [0.15, 0.2) is 22.7 Å². The quantitative estimate of drug-likeness (QED) is 0.713. The largest absolute Gasteiger partial charge is 0.422 e. The number of hydrogen-bond donors (Lipinski definition) is 0. The van der Waals surface area contributed by atoms with Crippen molar-refractivity contribution in [1.29, 1.82) is 0 Å². The lowest BCUT2D eigenvalue weighted by Gasteiger charge is -2.31. The Hall–Kier alpha value is -1.62. The summed E-state index contributed by atoms with van der Waals surface area (Å²) in [5.41, 5.74) is 1.45. The third kappa shape index (κ3) is 1.63. The molecule has 0 spiro atoms. The molecule has 84 valence electrons. The lowest BCUT2D eigenvalue weighted by atomic mass is 10.3. The van der Waals surface area contributed by atoms with Gasteiger partial charge in [-0.3, -0.25) is 0 Å². The minimum Gasteiger partial charge on any atom is -0.422 e. The summed E-state index contributed by atoms with van der Waals surface area (Å²) in [5, 5.41) is 0. The predicted octanol–water partition coefficient (Wildman–Crippen LogP) is 0.975. The molecule has 0 unspecified atom stereocenters. The Morgan fingerprint density at radius 3 is 2.81 bits per heavy atom. The van der Waals surface area contributed by atoms with Crippen LogP contribution in [-0.4, -0.2) is 48.1 Å². The third-order valence-corrected chi connectivity index (χ3v) is 2.93. The summed E-state index contributed by atoms with van der Waals surface area (Å²) in [6.45, 7) is 4.02. The van der Waals surface area contributed by atoms with Crippen LogP contribution in [0.1, 0.15) is 0 Å². The van der Waals surface area contributed by atoms with E-state index >= 15 is 0 Å². The highest BCUT2D eigenvalue weighted by molar-refractivity contribution is 5.69. The number of anilines is 1. The topological polar surface area (TPSA) is 45.4 Å². The zero-order valence-corrected chi connectivity index (χ0v) is 9.26. The highest BCUT2D eigenvalue weighted by Crippen LogP contribution is 2.20. The standard InChI is InChI=1S/C11H14N4O/c1-14-5-7-15(8-6-14)11-13-10-9(16-11)3-2-4-12-10/h2-4H,5-8H2,1H3. The maximum Gasteiger partial charge on any atom is 0.300 e. The number of aromatic nitrogens is 2. The van der Waals surface area contributed by atoms with E-state index in [9.17, 15) is 0 Å². The molecule has 3 heterocycles. The van der Waals surface area contributed by atoms with E-state index < -0.39 is 0 Å². The number of fused-ring (bicyclic) bond motifs is 1. The molecule has 0 saturated carbocycles. The van der Waals surface area contributed by atoms with Crippen LogP contribution in [0.4, 0.5) is 6.01 Å². The Balaban J connectivity index is 1.88. The van der Waals surface area contributed by atoms with Crippen molar-refractivity contribution in [3.05, 3.63) is 18.3 Å². The summed E-state index contributed by atoms with van der Waals surface area (Å²) in [5.74, 6) is 0. The Kier molecular flexibility index (Phi) is 2.25. The number of pyridine rings is 1. The molecular formula is C11H14N4O. The molecule has 1 saturated heterocycles. The molecule has 5 nitrogen and oxygen atoms in total. The minimum absolute atomic E-state index is 0.691. The van der Waals surface area contributed by atoms with E-state index in [4.69, 9.17) is 4.42 Å². The van der Waals surface area contributed by atoms with Gasteiger partial charge in [0.15, 0.2) is 5.58 Å². The Labute approximate surface area is 93.7 Å². The fourth-order valence-electron chi connectivity index (χ4n) is 1.89. The first-order valence-corrected chi connectivity index (χ1v) is 5.48. The lowest BCUT2D eigenvalue weighted by Crippen LogP contribution is -2.44. The van der Waals surface area contributed by atoms with Crippen LogP contribution in [-0.2, 0) is 0 Å². The molecule has 3 rings (SSSR count). The molecule has 0 atom stereocenters. The van der Waals surface area contributed by atoms with Crippen LogP contribution in [0.2, 0.25) is 0 Å². The number of nitrogens with zero attached hydrogens (tertiary/aromatic N) is 4. The van der Waals surface area contributed by atoms with Crippen LogP contribution < -0.4 is 4.90 Å². The van der Waals surface area contributed by atoms with Crippen LogP contribution in [0.25, 0.3) is 11.2 Å². The maximum absolute atomic E-state index is 5.68. The van der Waals surface area contributed by atoms with Crippen molar-refractivity contribution in [2.24, 2.45) is 0 Å². The fourth-order valence-corrected chi connectivity index (χ4v) is 1.89. The van der Waals surface area contributed by atoms with E-state index in [-0.39, 0.29) is 0 Å². The molecule has 0 radical (unpaired) electrons. The average Bonchev–Trinajstić information content (AvgIpc) is 2.73. The summed E-state index contributed by atoms with van der Waals surface area (Å²) in [6, 6.07) is 4.46. The molecule has 16 heavy (non-hydrogen) atoms. The van der Waals surface area contributed by atoms with E-state index in [1.807, 2.05) is 12.1 Å². The molecule has 1 aliphatic heterocycles. The molecule has 1 fully saturated rings. The van der Waals surface area contributed by atoms with Gasteiger partial charge in [-0.1, -0.05) is 0 Å². The van der Waals surface area contributed by atoms with Crippen molar-refractivity contribution in [1.82, 2.24) is 14.9 Å². The van der Waals surface area contributed by atoms with Crippen LogP contribution >= 0.6 is 0 Å². The van der Waals surface area contributed by atoms with Crippen molar-refractivity contribution >= 4 is 17.2 Å². The lowest BCUT2D eigenvalue weighted by molar-refractivity contribution is 0.305. The van der Waals surface area contributed by atoms with Gasteiger partial charge in [-0.05, 0) is 19.2 Å². The van der Waals surface area contributed by atoms with E-state index in [1.54, 1.807) is 6.20 Å². The number of likely N-dealkylation sites (N-methyl/N-ethyl adjacent to an activating group) is 1. The summed E-state index contributed by atoms with van der Waals surface area (Å²) in [6.07, 6.45) is 1.73. The van der Waals surface area contributed by atoms with Gasteiger partial charge in [-0.25, -0.2) is 4.98 Å². The van der Waals surface area contributed by atoms with Gasteiger partial charge in [0.05, 0.1) is 0 Å². The first-order valence-electron chi connectivity index (χ1n) is 5.48. The van der Waals surface area contributed by atoms with Crippen molar-refractivity contribution in [3.63, 3.8) is 0 Å². The highest BCUT2D eigenvalue weighted by atomic mass is 16.4. The van der Waals surface area contributed by atoms with Gasteiger partial charge in [0.25, 0.3) is 6.01 Å². The van der Waals surface area contributed by atoms with E-state index in [2.05, 4.69) is 26.8 Å². The second kappa shape index (κ2) is 3.75. The summed E-state index contributed by atoms with van der Waals surface area (Å²) >= 11 is 0. The van der Waals surface area contributed by atoms with Crippen LogP contribution in [0.3, 0.4) is 0 Å². The van der Waals surface area contributed by atoms with Crippen molar-refractivity contribution in [3.8, 4) is 0 Å². The second-order valence-corrected chi connectivity index (χ2v) is 4.11. The van der Waals surface area contributed by atoms with Gasteiger partial charge >= 0.3 is 0 Å². The Morgan fingerprint density at radius 2 is 2.06 bits per heavy atom. The smallest absolute Gasteiger partial charge is 0.300 e. The Bertz CT molecular complexity index is 454. The molecule has 1 aliphatic rings. The molecule has 2 aromatic heterocycles. The second-order valence-electron chi connectivity index (χ2n) is 4.11. The summed E-state index contributed by atoms with van der Waals surface area (Å²) in [7, 11) is 2.13. The summed E-state index contributed by atoms with van der Waals surface area (Å²) < 4.78 is 5.68. The van der Waals surface area contributed by atoms with Gasteiger partial charge in [-0.15, -0.1) is 0 Å². The minimum atomic E-state index is 0.691. The van der Waals surface area contributed by atoms with Gasteiger partial charge in [0.1, 0.15) is 0 Å². The SMILES string of the molecule is CN1CCN(c2nc3ncccc3o2)CC1. The molecular weight excluding hydrogens is 204 g/mol. The highest BCUT2D eigenvalue weighted by Gasteiger charge is 2.18. The normalized spacial score (nSPS) is 18.2. The van der Waals surface area contributed by atoms with E-state index in [1.165, 1.54) is 0 Å². The van der Waals surface area contributed by atoms with Crippen LogP contribution in [0.5, 0.6) is 0 Å². The number of hydrogen-bond acceptors (Lipinski definition) is 5. The van der Waals surface area contributed by atoms with Crippen molar-refractivity contribution < 1.29 is 4.42 Å². The molecule has 2 aromatic rings. The monoisotopic (exact) mass is 218 g/mol. The van der Waals surface area contributed by atoms with E-state index in [0.29, 0.717) is 11.7 Å². The number of piperazine rings is 1. The van der Waals surface area contributed by atoms with Crippen LogP contribution in [0, 0.1) is 0 Å². The molecule has 0 bridgehead atoms. The molecule has 5 heteroatoms.